The quantitative estimate of drug-likeness (QED) is 0.552. The largest absolute Gasteiger partial charge is 0.507 e. The van der Waals surface area contributed by atoms with Gasteiger partial charge in [-0.25, -0.2) is 0 Å². The second-order valence-corrected chi connectivity index (χ2v) is 6.43. The fraction of sp³-hybridized carbons (Fsp3) is 0.700. The first-order valence-electron chi connectivity index (χ1n) is 8.98. The molecule has 22 heavy (non-hydrogen) atoms. The van der Waals surface area contributed by atoms with E-state index in [-0.39, 0.29) is 6.10 Å². The maximum Gasteiger partial charge on any atom is 0.122 e. The zero-order chi connectivity index (χ0) is 16.4. The maximum atomic E-state index is 10.6. The number of rotatable bonds is 11. The van der Waals surface area contributed by atoms with Crippen LogP contribution < -0.4 is 0 Å². The van der Waals surface area contributed by atoms with Crippen molar-refractivity contribution in [2.24, 2.45) is 0 Å². The van der Waals surface area contributed by atoms with Crippen molar-refractivity contribution in [2.75, 3.05) is 7.11 Å². The van der Waals surface area contributed by atoms with E-state index >= 15 is 0 Å². The van der Waals surface area contributed by atoms with E-state index in [1.165, 1.54) is 37.7 Å². The molecule has 1 rings (SSSR count). The predicted octanol–water partition coefficient (Wildman–Crippen LogP) is 5.44. The van der Waals surface area contributed by atoms with Gasteiger partial charge in [0.1, 0.15) is 5.75 Å². The van der Waals surface area contributed by atoms with Crippen molar-refractivity contribution in [2.45, 2.75) is 84.7 Å². The summed E-state index contributed by atoms with van der Waals surface area (Å²) in [4.78, 5) is 0. The molecule has 1 N–H and O–H groups in total. The van der Waals surface area contributed by atoms with Gasteiger partial charge in [-0.1, -0.05) is 51.7 Å². The van der Waals surface area contributed by atoms with Crippen LogP contribution in [0.15, 0.2) is 12.1 Å². The summed E-state index contributed by atoms with van der Waals surface area (Å²) in [6.45, 7) is 6.51. The molecule has 0 saturated heterocycles. The monoisotopic (exact) mass is 306 g/mol. The van der Waals surface area contributed by atoms with Crippen LogP contribution in [0.3, 0.4) is 0 Å². The molecule has 126 valence electrons. The first-order valence-corrected chi connectivity index (χ1v) is 8.98. The Bertz CT molecular complexity index is 426. The Morgan fingerprint density at radius 1 is 0.955 bits per heavy atom. The van der Waals surface area contributed by atoms with Gasteiger partial charge in [0, 0.05) is 13.5 Å². The van der Waals surface area contributed by atoms with Gasteiger partial charge in [0.15, 0.2) is 0 Å². The number of methoxy groups -OCH3 is 1. The van der Waals surface area contributed by atoms with Crippen LogP contribution in [0, 0.1) is 0 Å². The minimum Gasteiger partial charge on any atom is -0.507 e. The summed E-state index contributed by atoms with van der Waals surface area (Å²) in [7, 11) is 1.73. The standard InChI is InChI=1S/C20H34O2/c1-5-7-9-11-17-14-18(12-10-8-6-2)20(21)19(15-17)13-16(3)22-4/h14-16,21H,5-13H2,1-4H3. The van der Waals surface area contributed by atoms with Crippen LogP contribution in [0.1, 0.15) is 76.0 Å². The number of hydrogen-bond acceptors (Lipinski definition) is 2. The van der Waals surface area contributed by atoms with Crippen molar-refractivity contribution in [3.05, 3.63) is 28.8 Å². The third-order valence-electron chi connectivity index (χ3n) is 4.36. The highest BCUT2D eigenvalue weighted by molar-refractivity contribution is 5.44. The number of phenolic OH excluding ortho intramolecular Hbond substituents is 1. The first-order chi connectivity index (χ1) is 10.6. The van der Waals surface area contributed by atoms with Crippen molar-refractivity contribution in [3.8, 4) is 5.75 Å². The highest BCUT2D eigenvalue weighted by atomic mass is 16.5. The van der Waals surface area contributed by atoms with Crippen LogP contribution in [0.2, 0.25) is 0 Å². The number of unbranched alkanes of at least 4 members (excludes halogenated alkanes) is 4. The van der Waals surface area contributed by atoms with E-state index in [9.17, 15) is 5.11 Å². The second-order valence-electron chi connectivity index (χ2n) is 6.43. The Labute approximate surface area is 136 Å². The van der Waals surface area contributed by atoms with Crippen LogP contribution in [0.4, 0.5) is 0 Å². The summed E-state index contributed by atoms with van der Waals surface area (Å²) in [5.74, 6) is 0.499. The summed E-state index contributed by atoms with van der Waals surface area (Å²) >= 11 is 0. The lowest BCUT2D eigenvalue weighted by atomic mass is 9.94. The lowest BCUT2D eigenvalue weighted by Gasteiger charge is -2.16. The number of ether oxygens (including phenoxy) is 1. The maximum absolute atomic E-state index is 10.6. The molecule has 1 aromatic carbocycles. The minimum absolute atomic E-state index is 0.139. The number of hydrogen-bond donors (Lipinski definition) is 1. The van der Waals surface area contributed by atoms with Gasteiger partial charge in [-0.05, 0) is 49.3 Å². The third kappa shape index (κ3) is 6.39. The van der Waals surface area contributed by atoms with Gasteiger partial charge in [0.25, 0.3) is 0 Å². The van der Waals surface area contributed by atoms with E-state index < -0.39 is 0 Å². The summed E-state index contributed by atoms with van der Waals surface area (Å²) in [5, 5.41) is 10.6. The molecule has 0 heterocycles. The van der Waals surface area contributed by atoms with Crippen molar-refractivity contribution < 1.29 is 9.84 Å². The van der Waals surface area contributed by atoms with E-state index in [0.717, 1.165) is 36.8 Å². The molecule has 0 aliphatic heterocycles. The van der Waals surface area contributed by atoms with E-state index in [2.05, 4.69) is 32.9 Å². The van der Waals surface area contributed by atoms with Crippen molar-refractivity contribution in [3.63, 3.8) is 0 Å². The molecule has 1 aromatic rings. The molecular formula is C20H34O2. The molecule has 0 radical (unpaired) electrons. The Balaban J connectivity index is 2.91. The molecule has 0 amide bonds. The summed E-state index contributed by atoms with van der Waals surface area (Å²) in [6, 6.07) is 4.41. The molecule has 0 fully saturated rings. The van der Waals surface area contributed by atoms with Crippen LogP contribution in [-0.2, 0) is 24.0 Å². The smallest absolute Gasteiger partial charge is 0.122 e. The van der Waals surface area contributed by atoms with Gasteiger partial charge in [-0.3, -0.25) is 0 Å². The molecule has 1 unspecified atom stereocenters. The van der Waals surface area contributed by atoms with Crippen molar-refractivity contribution in [1.82, 2.24) is 0 Å². The normalized spacial score (nSPS) is 12.5. The van der Waals surface area contributed by atoms with E-state index in [0.29, 0.717) is 5.75 Å². The minimum atomic E-state index is 0.139. The number of aromatic hydroxyl groups is 1. The van der Waals surface area contributed by atoms with E-state index in [1.54, 1.807) is 7.11 Å². The number of benzene rings is 1. The Hall–Kier alpha value is -1.02. The molecule has 0 aliphatic rings. The number of phenols is 1. The van der Waals surface area contributed by atoms with Crippen LogP contribution in [0.5, 0.6) is 5.75 Å². The predicted molar refractivity (Wildman–Crippen MR) is 94.7 cm³/mol. The molecule has 2 nitrogen and oxygen atoms in total. The third-order valence-corrected chi connectivity index (χ3v) is 4.36. The van der Waals surface area contributed by atoms with Crippen molar-refractivity contribution in [1.29, 1.82) is 0 Å². The van der Waals surface area contributed by atoms with Crippen LogP contribution in [-0.4, -0.2) is 18.3 Å². The van der Waals surface area contributed by atoms with Crippen molar-refractivity contribution >= 4 is 0 Å². The molecule has 2 heteroatoms. The summed E-state index contributed by atoms with van der Waals surface area (Å²) < 4.78 is 5.37. The number of aryl methyl sites for hydroxylation is 2. The van der Waals surface area contributed by atoms with Gasteiger partial charge in [-0.2, -0.15) is 0 Å². The summed E-state index contributed by atoms with van der Waals surface area (Å²) in [6.07, 6.45) is 10.4. The van der Waals surface area contributed by atoms with Gasteiger partial charge >= 0.3 is 0 Å². The van der Waals surface area contributed by atoms with Gasteiger partial charge in [-0.15, -0.1) is 0 Å². The molecule has 0 spiro atoms. The van der Waals surface area contributed by atoms with Crippen LogP contribution in [0.25, 0.3) is 0 Å². The molecule has 1 atom stereocenters. The highest BCUT2D eigenvalue weighted by Gasteiger charge is 2.12. The Morgan fingerprint density at radius 3 is 2.14 bits per heavy atom. The Kier molecular flexibility index (Phi) is 9.22. The van der Waals surface area contributed by atoms with Gasteiger partial charge < -0.3 is 9.84 Å². The van der Waals surface area contributed by atoms with Crippen LogP contribution >= 0.6 is 0 Å². The highest BCUT2D eigenvalue weighted by Crippen LogP contribution is 2.28. The average Bonchev–Trinajstić information content (AvgIpc) is 2.51. The molecule has 0 aromatic heterocycles. The second kappa shape index (κ2) is 10.7. The fourth-order valence-corrected chi connectivity index (χ4v) is 2.86. The van der Waals surface area contributed by atoms with E-state index in [4.69, 9.17) is 4.74 Å². The van der Waals surface area contributed by atoms with Gasteiger partial charge in [0.2, 0.25) is 0 Å². The SMILES string of the molecule is CCCCCc1cc(CCCCC)c(O)c(CC(C)OC)c1. The zero-order valence-corrected chi connectivity index (χ0v) is 15.0. The first kappa shape index (κ1) is 19.0. The lowest BCUT2D eigenvalue weighted by molar-refractivity contribution is 0.118. The fourth-order valence-electron chi connectivity index (χ4n) is 2.86. The van der Waals surface area contributed by atoms with E-state index in [1.807, 2.05) is 0 Å². The Morgan fingerprint density at radius 2 is 1.55 bits per heavy atom. The lowest BCUT2D eigenvalue weighted by Crippen LogP contribution is -2.09. The zero-order valence-electron chi connectivity index (χ0n) is 15.0. The van der Waals surface area contributed by atoms with Gasteiger partial charge in [0.05, 0.1) is 6.10 Å². The topological polar surface area (TPSA) is 29.5 Å². The molecule has 0 aliphatic carbocycles. The molecular weight excluding hydrogens is 272 g/mol. The average molecular weight is 306 g/mol. The summed E-state index contributed by atoms with van der Waals surface area (Å²) in [5.41, 5.74) is 3.55. The molecule has 0 bridgehead atoms. The molecule has 0 saturated carbocycles.